The molecule has 0 saturated carbocycles. The van der Waals surface area contributed by atoms with Gasteiger partial charge in [-0.05, 0) is 27.7 Å². The second-order valence-electron chi connectivity index (χ2n) is 6.00. The molecule has 8 heteroatoms. The van der Waals surface area contributed by atoms with Crippen molar-refractivity contribution in [2.24, 2.45) is 0 Å². The van der Waals surface area contributed by atoms with E-state index < -0.39 is 28.5 Å². The SMILES string of the molecule is CCOC(=O)C1Cc2nc(C)c(C)nc2C[N+]1(C(C)=O)C(=O)OCC. The molecule has 0 radical (unpaired) electrons. The Balaban J connectivity index is 2.62. The lowest BCUT2D eigenvalue weighted by Crippen LogP contribution is -2.67. The zero-order valence-electron chi connectivity index (χ0n) is 15.3. The van der Waals surface area contributed by atoms with E-state index in [1.54, 1.807) is 13.8 Å². The van der Waals surface area contributed by atoms with Crippen LogP contribution < -0.4 is 0 Å². The van der Waals surface area contributed by atoms with E-state index in [1.807, 2.05) is 13.8 Å². The topological polar surface area (TPSA) is 95.5 Å². The molecule has 2 heterocycles. The van der Waals surface area contributed by atoms with Gasteiger partial charge in [-0.25, -0.2) is 14.6 Å². The van der Waals surface area contributed by atoms with Gasteiger partial charge in [0.15, 0.2) is 0 Å². The monoisotopic (exact) mass is 350 g/mol. The highest BCUT2D eigenvalue weighted by Crippen LogP contribution is 2.32. The molecule has 25 heavy (non-hydrogen) atoms. The van der Waals surface area contributed by atoms with Gasteiger partial charge in [-0.2, -0.15) is 4.79 Å². The van der Waals surface area contributed by atoms with Gasteiger partial charge in [0.25, 0.3) is 0 Å². The number of fused-ring (bicyclic) bond motifs is 1. The van der Waals surface area contributed by atoms with Gasteiger partial charge in [0.05, 0.1) is 43.6 Å². The van der Waals surface area contributed by atoms with Crippen LogP contribution in [-0.2, 0) is 32.0 Å². The summed E-state index contributed by atoms with van der Waals surface area (Å²) in [6, 6.07) is -1.03. The summed E-state index contributed by atoms with van der Waals surface area (Å²) in [5, 5.41) is 0. The molecule has 0 bridgehead atoms. The van der Waals surface area contributed by atoms with Gasteiger partial charge in [0, 0.05) is 0 Å². The largest absolute Gasteiger partial charge is 0.524 e. The maximum atomic E-state index is 12.7. The van der Waals surface area contributed by atoms with Gasteiger partial charge in [-0.3, -0.25) is 4.98 Å². The fourth-order valence-corrected chi connectivity index (χ4v) is 3.06. The second-order valence-corrected chi connectivity index (χ2v) is 6.00. The molecular formula is C17H24N3O5+. The zero-order chi connectivity index (χ0) is 18.8. The van der Waals surface area contributed by atoms with Crippen molar-refractivity contribution in [3.8, 4) is 0 Å². The minimum atomic E-state index is -1.03. The molecule has 0 N–H and O–H groups in total. The highest BCUT2D eigenvalue weighted by molar-refractivity contribution is 5.86. The first kappa shape index (κ1) is 19.0. The highest BCUT2D eigenvalue weighted by Gasteiger charge is 2.58. The molecule has 1 aliphatic heterocycles. The normalized spacial score (nSPS) is 22.0. The molecule has 0 saturated heterocycles. The minimum absolute atomic E-state index is 0.0684. The lowest BCUT2D eigenvalue weighted by atomic mass is 9.98. The van der Waals surface area contributed by atoms with Crippen molar-refractivity contribution < 1.29 is 28.3 Å². The first-order valence-corrected chi connectivity index (χ1v) is 8.33. The molecule has 1 aliphatic rings. The van der Waals surface area contributed by atoms with E-state index in [1.165, 1.54) is 6.92 Å². The fourth-order valence-electron chi connectivity index (χ4n) is 3.06. The van der Waals surface area contributed by atoms with Crippen LogP contribution in [0.15, 0.2) is 0 Å². The quantitative estimate of drug-likeness (QED) is 0.603. The summed E-state index contributed by atoms with van der Waals surface area (Å²) in [5.74, 6) is -1.10. The Morgan fingerprint density at radius 1 is 1.04 bits per heavy atom. The van der Waals surface area contributed by atoms with E-state index in [-0.39, 0.29) is 26.2 Å². The van der Waals surface area contributed by atoms with E-state index in [4.69, 9.17) is 9.47 Å². The van der Waals surface area contributed by atoms with Crippen molar-refractivity contribution >= 4 is 18.0 Å². The van der Waals surface area contributed by atoms with Crippen LogP contribution in [0.3, 0.4) is 0 Å². The summed E-state index contributed by atoms with van der Waals surface area (Å²) in [5.41, 5.74) is 2.62. The smallest absolute Gasteiger partial charge is 0.462 e. The van der Waals surface area contributed by atoms with Crippen LogP contribution in [0.5, 0.6) is 0 Å². The van der Waals surface area contributed by atoms with Crippen molar-refractivity contribution in [3.05, 3.63) is 22.8 Å². The maximum Gasteiger partial charge on any atom is 0.524 e. The molecule has 2 atom stereocenters. The third-order valence-corrected chi connectivity index (χ3v) is 4.49. The molecule has 0 aliphatic carbocycles. The Morgan fingerprint density at radius 2 is 1.60 bits per heavy atom. The van der Waals surface area contributed by atoms with E-state index in [0.29, 0.717) is 11.4 Å². The lowest BCUT2D eigenvalue weighted by Gasteiger charge is -2.39. The second kappa shape index (κ2) is 7.26. The van der Waals surface area contributed by atoms with Crippen LogP contribution in [0, 0.1) is 13.8 Å². The van der Waals surface area contributed by atoms with Crippen LogP contribution >= 0.6 is 0 Å². The van der Waals surface area contributed by atoms with Crippen LogP contribution in [0.2, 0.25) is 0 Å². The Kier molecular flexibility index (Phi) is 5.52. The first-order chi connectivity index (χ1) is 11.8. The van der Waals surface area contributed by atoms with Crippen molar-refractivity contribution in [3.63, 3.8) is 0 Å². The average Bonchev–Trinajstić information content (AvgIpc) is 2.55. The number of nitrogens with zero attached hydrogens (tertiary/aromatic N) is 3. The molecular weight excluding hydrogens is 326 g/mol. The molecule has 8 nitrogen and oxygen atoms in total. The van der Waals surface area contributed by atoms with Crippen molar-refractivity contribution in [1.29, 1.82) is 0 Å². The Bertz CT molecular complexity index is 718. The number of esters is 1. The third-order valence-electron chi connectivity index (χ3n) is 4.49. The number of hydrogen-bond acceptors (Lipinski definition) is 7. The molecule has 0 aromatic carbocycles. The predicted molar refractivity (Wildman–Crippen MR) is 87.3 cm³/mol. The first-order valence-electron chi connectivity index (χ1n) is 8.33. The summed E-state index contributed by atoms with van der Waals surface area (Å²) in [4.78, 5) is 46.8. The number of imide groups is 1. The molecule has 2 rings (SSSR count). The van der Waals surface area contributed by atoms with Crippen LogP contribution in [0.4, 0.5) is 4.79 Å². The molecule has 0 fully saturated rings. The number of aryl methyl sites for hydroxylation is 2. The molecule has 136 valence electrons. The Morgan fingerprint density at radius 3 is 2.12 bits per heavy atom. The minimum Gasteiger partial charge on any atom is -0.462 e. The number of carbonyl (C=O) groups excluding carboxylic acids is 3. The highest BCUT2D eigenvalue weighted by atomic mass is 16.6. The van der Waals surface area contributed by atoms with Gasteiger partial charge in [0.1, 0.15) is 12.2 Å². The summed E-state index contributed by atoms with van der Waals surface area (Å²) in [6.07, 6.45) is -0.667. The molecule has 0 spiro atoms. The zero-order valence-corrected chi connectivity index (χ0v) is 15.3. The van der Waals surface area contributed by atoms with Gasteiger partial charge in [-0.1, -0.05) is 0 Å². The van der Waals surface area contributed by atoms with Gasteiger partial charge >= 0.3 is 18.0 Å². The van der Waals surface area contributed by atoms with Crippen LogP contribution in [0.25, 0.3) is 0 Å². The van der Waals surface area contributed by atoms with E-state index in [0.717, 1.165) is 11.4 Å². The van der Waals surface area contributed by atoms with E-state index >= 15 is 0 Å². The average molecular weight is 350 g/mol. The number of ether oxygens (including phenoxy) is 2. The van der Waals surface area contributed by atoms with Crippen molar-refractivity contribution in [2.75, 3.05) is 13.2 Å². The van der Waals surface area contributed by atoms with Gasteiger partial charge in [-0.15, -0.1) is 4.48 Å². The predicted octanol–water partition coefficient (Wildman–Crippen LogP) is 1.60. The van der Waals surface area contributed by atoms with Gasteiger partial charge in [0.2, 0.25) is 6.04 Å². The number of amides is 2. The molecule has 2 amide bonds. The standard InChI is InChI=1S/C17H24N3O5/c1-6-24-16(22)15-8-13-14(19-11(4)10(3)18-13)9-20(15,12(5)21)17(23)25-7-2/h15H,6-9H2,1-5H3/q+1. The number of aromatic nitrogens is 2. The summed E-state index contributed by atoms with van der Waals surface area (Å²) < 4.78 is 9.47. The van der Waals surface area contributed by atoms with E-state index in [9.17, 15) is 14.4 Å². The number of hydrogen-bond donors (Lipinski definition) is 0. The number of rotatable bonds is 3. The molecule has 2 unspecified atom stereocenters. The summed E-state index contributed by atoms with van der Waals surface area (Å²) >= 11 is 0. The third kappa shape index (κ3) is 3.26. The number of carbonyl (C=O) groups is 3. The lowest BCUT2D eigenvalue weighted by molar-refractivity contribution is -0.816. The molecule has 1 aromatic heterocycles. The Hall–Kier alpha value is -2.35. The maximum absolute atomic E-state index is 12.7. The summed E-state index contributed by atoms with van der Waals surface area (Å²) in [7, 11) is 0. The van der Waals surface area contributed by atoms with E-state index in [2.05, 4.69) is 9.97 Å². The number of quaternary nitrogens is 1. The van der Waals surface area contributed by atoms with Crippen LogP contribution in [0.1, 0.15) is 43.5 Å². The fraction of sp³-hybridized carbons (Fsp3) is 0.588. The summed E-state index contributed by atoms with van der Waals surface area (Å²) in [6.45, 7) is 8.44. The van der Waals surface area contributed by atoms with Crippen molar-refractivity contribution in [2.45, 2.75) is 53.6 Å². The molecule has 1 aromatic rings. The van der Waals surface area contributed by atoms with Gasteiger partial charge < -0.3 is 9.47 Å². The van der Waals surface area contributed by atoms with Crippen molar-refractivity contribution in [1.82, 2.24) is 9.97 Å². The Labute approximate surface area is 146 Å². The van der Waals surface area contributed by atoms with Crippen LogP contribution in [-0.4, -0.2) is 51.7 Å².